The van der Waals surface area contributed by atoms with Crippen molar-refractivity contribution in [2.24, 2.45) is 22.7 Å². The number of rotatable bonds is 0. The molecular weight excluding hydrogens is 267 g/mol. The van der Waals surface area contributed by atoms with Crippen LogP contribution in [0.15, 0.2) is 23.8 Å². The van der Waals surface area contributed by atoms with Crippen molar-refractivity contribution < 1.29 is 14.3 Å². The van der Waals surface area contributed by atoms with E-state index in [1.165, 1.54) is 6.08 Å². The van der Waals surface area contributed by atoms with Crippen LogP contribution in [0.3, 0.4) is 0 Å². The summed E-state index contributed by atoms with van der Waals surface area (Å²) < 4.78 is 16.2. The van der Waals surface area contributed by atoms with Gasteiger partial charge in [0.15, 0.2) is 11.5 Å². The minimum Gasteiger partial charge on any atom is -0.390 e. The monoisotopic (exact) mass is 292 g/mol. The van der Waals surface area contributed by atoms with E-state index in [1.54, 1.807) is 12.2 Å². The summed E-state index contributed by atoms with van der Waals surface area (Å²) in [6.07, 6.45) is 5.67. The Morgan fingerprint density at radius 3 is 2.67 bits per heavy atom. The largest absolute Gasteiger partial charge is 0.390 e. The second-order valence-electron chi connectivity index (χ2n) is 8.02. The van der Waals surface area contributed by atoms with Crippen LogP contribution in [-0.4, -0.2) is 22.7 Å². The molecule has 0 aliphatic heterocycles. The zero-order valence-electron chi connectivity index (χ0n) is 13.3. The first-order chi connectivity index (χ1) is 9.63. The van der Waals surface area contributed by atoms with Gasteiger partial charge in [0.05, 0.1) is 6.10 Å². The predicted molar refractivity (Wildman–Crippen MR) is 80.5 cm³/mol. The van der Waals surface area contributed by atoms with Crippen LogP contribution in [0.5, 0.6) is 0 Å². The lowest BCUT2D eigenvalue weighted by atomic mass is 9.46. The molecule has 0 aromatic carbocycles. The van der Waals surface area contributed by atoms with E-state index < -0.39 is 17.2 Å². The molecular formula is C18H25FO2. The van der Waals surface area contributed by atoms with Crippen LogP contribution in [0.2, 0.25) is 0 Å². The lowest BCUT2D eigenvalue weighted by Crippen LogP contribution is -2.66. The van der Waals surface area contributed by atoms with Crippen molar-refractivity contribution in [3.63, 3.8) is 0 Å². The summed E-state index contributed by atoms with van der Waals surface area (Å²) in [6, 6.07) is 0. The molecule has 21 heavy (non-hydrogen) atoms. The second kappa shape index (κ2) is 4.28. The number of carbonyl (C=O) groups is 1. The summed E-state index contributed by atoms with van der Waals surface area (Å²) in [4.78, 5) is 11.6. The fraction of sp³-hybridized carbons (Fsp3) is 0.722. The molecule has 0 saturated heterocycles. The lowest BCUT2D eigenvalue weighted by molar-refractivity contribution is -0.188. The Bertz CT molecular complexity index is 547. The van der Waals surface area contributed by atoms with Gasteiger partial charge in [0, 0.05) is 11.3 Å². The number of ketones is 1. The second-order valence-corrected chi connectivity index (χ2v) is 8.02. The molecule has 1 N–H and O–H groups in total. The SMILES string of the molecule is CC1C2CCC3=CC(=O)C=CC3(C)C2(F)C(O)CC1(C)C. The van der Waals surface area contributed by atoms with Gasteiger partial charge in [-0.3, -0.25) is 4.79 Å². The summed E-state index contributed by atoms with van der Waals surface area (Å²) in [5.41, 5.74) is -1.75. The third kappa shape index (κ3) is 1.76. The maximum atomic E-state index is 16.2. The molecule has 3 heteroatoms. The Labute approximate surface area is 126 Å². The van der Waals surface area contributed by atoms with E-state index in [0.29, 0.717) is 12.8 Å². The number of carbonyl (C=O) groups excluding carboxylic acids is 1. The minimum atomic E-state index is -1.68. The first-order valence-electron chi connectivity index (χ1n) is 7.94. The van der Waals surface area contributed by atoms with Gasteiger partial charge < -0.3 is 5.11 Å². The zero-order valence-corrected chi connectivity index (χ0v) is 13.3. The average molecular weight is 292 g/mol. The molecule has 2 saturated carbocycles. The van der Waals surface area contributed by atoms with E-state index in [-0.39, 0.29) is 23.0 Å². The highest BCUT2D eigenvalue weighted by Gasteiger charge is 2.66. The highest BCUT2D eigenvalue weighted by Crippen LogP contribution is 2.64. The van der Waals surface area contributed by atoms with Crippen molar-refractivity contribution >= 4 is 5.78 Å². The van der Waals surface area contributed by atoms with Crippen LogP contribution in [0, 0.1) is 22.7 Å². The molecule has 0 aromatic rings. The number of allylic oxidation sites excluding steroid dienone is 4. The maximum Gasteiger partial charge on any atom is 0.178 e. The van der Waals surface area contributed by atoms with Crippen LogP contribution >= 0.6 is 0 Å². The number of fused-ring (bicyclic) bond motifs is 3. The first-order valence-corrected chi connectivity index (χ1v) is 7.94. The molecule has 0 heterocycles. The van der Waals surface area contributed by atoms with Crippen molar-refractivity contribution in [3.8, 4) is 0 Å². The topological polar surface area (TPSA) is 37.3 Å². The Morgan fingerprint density at radius 1 is 1.33 bits per heavy atom. The molecule has 2 nitrogen and oxygen atoms in total. The van der Waals surface area contributed by atoms with Gasteiger partial charge >= 0.3 is 0 Å². The summed E-state index contributed by atoms with van der Waals surface area (Å²) in [5, 5.41) is 10.7. The fourth-order valence-corrected chi connectivity index (χ4v) is 4.92. The Hall–Kier alpha value is -0.960. The molecule has 0 spiro atoms. The van der Waals surface area contributed by atoms with Crippen molar-refractivity contribution in [2.75, 3.05) is 0 Å². The molecule has 3 aliphatic rings. The minimum absolute atomic E-state index is 0.0640. The normalized spacial score (nSPS) is 48.4. The van der Waals surface area contributed by atoms with Gasteiger partial charge in [0.1, 0.15) is 0 Å². The lowest BCUT2D eigenvalue weighted by Gasteiger charge is -2.61. The van der Waals surface area contributed by atoms with Crippen LogP contribution in [-0.2, 0) is 4.79 Å². The van der Waals surface area contributed by atoms with Gasteiger partial charge in [-0.15, -0.1) is 0 Å². The van der Waals surface area contributed by atoms with Crippen molar-refractivity contribution in [3.05, 3.63) is 23.8 Å². The van der Waals surface area contributed by atoms with E-state index in [0.717, 1.165) is 12.0 Å². The van der Waals surface area contributed by atoms with Gasteiger partial charge in [-0.25, -0.2) is 4.39 Å². The number of alkyl halides is 1. The van der Waals surface area contributed by atoms with Gasteiger partial charge in [0.25, 0.3) is 0 Å². The molecule has 5 atom stereocenters. The molecule has 0 bridgehead atoms. The predicted octanol–water partition coefficient (Wildman–Crippen LogP) is 3.60. The number of aliphatic hydroxyl groups is 1. The van der Waals surface area contributed by atoms with Crippen molar-refractivity contribution in [1.29, 1.82) is 0 Å². The molecule has 3 aliphatic carbocycles. The van der Waals surface area contributed by atoms with E-state index >= 15 is 4.39 Å². The smallest absolute Gasteiger partial charge is 0.178 e. The number of hydrogen-bond donors (Lipinski definition) is 1. The van der Waals surface area contributed by atoms with Crippen molar-refractivity contribution in [2.45, 2.75) is 58.7 Å². The summed E-state index contributed by atoms with van der Waals surface area (Å²) >= 11 is 0. The van der Waals surface area contributed by atoms with E-state index in [4.69, 9.17) is 0 Å². The van der Waals surface area contributed by atoms with Crippen LogP contribution in [0.4, 0.5) is 4.39 Å². The highest BCUT2D eigenvalue weighted by molar-refractivity contribution is 6.01. The van der Waals surface area contributed by atoms with E-state index in [2.05, 4.69) is 20.8 Å². The van der Waals surface area contributed by atoms with Crippen LogP contribution < -0.4 is 0 Å². The third-order valence-corrected chi connectivity index (χ3v) is 6.67. The highest BCUT2D eigenvalue weighted by atomic mass is 19.1. The fourth-order valence-electron chi connectivity index (χ4n) is 4.92. The van der Waals surface area contributed by atoms with Gasteiger partial charge in [-0.1, -0.05) is 32.4 Å². The molecule has 3 rings (SSSR count). The molecule has 0 radical (unpaired) electrons. The number of hydrogen-bond acceptors (Lipinski definition) is 2. The third-order valence-electron chi connectivity index (χ3n) is 6.67. The summed E-state index contributed by atoms with van der Waals surface area (Å²) in [5.74, 6) is -0.0326. The average Bonchev–Trinajstić information content (AvgIpc) is 2.39. The molecule has 5 unspecified atom stereocenters. The van der Waals surface area contributed by atoms with E-state index in [1.807, 2.05) is 6.92 Å². The van der Waals surface area contributed by atoms with Gasteiger partial charge in [-0.2, -0.15) is 0 Å². The number of aliphatic hydroxyl groups excluding tert-OH is 1. The van der Waals surface area contributed by atoms with Crippen molar-refractivity contribution in [1.82, 2.24) is 0 Å². The molecule has 116 valence electrons. The first kappa shape index (κ1) is 15.0. The maximum absolute atomic E-state index is 16.2. The Balaban J connectivity index is 2.12. The summed E-state index contributed by atoms with van der Waals surface area (Å²) in [6.45, 7) is 8.20. The standard InChI is InChI=1S/C18H25FO2/c1-11-14-6-5-12-9-13(20)7-8-17(12,4)18(14,19)15(21)10-16(11,2)3/h7-9,11,14-15,21H,5-6,10H2,1-4H3. The van der Waals surface area contributed by atoms with Gasteiger partial charge in [0.2, 0.25) is 0 Å². The molecule has 0 aromatic heterocycles. The van der Waals surface area contributed by atoms with E-state index in [9.17, 15) is 9.90 Å². The Kier molecular flexibility index (Phi) is 3.05. The van der Waals surface area contributed by atoms with Crippen LogP contribution in [0.25, 0.3) is 0 Å². The Morgan fingerprint density at radius 2 is 2.00 bits per heavy atom. The molecule has 0 amide bonds. The zero-order chi connectivity index (χ0) is 15.6. The van der Waals surface area contributed by atoms with Gasteiger partial charge in [-0.05, 0) is 49.7 Å². The van der Waals surface area contributed by atoms with Crippen LogP contribution in [0.1, 0.15) is 47.0 Å². The molecule has 2 fully saturated rings. The number of halogens is 1. The summed E-state index contributed by atoms with van der Waals surface area (Å²) in [7, 11) is 0. The quantitative estimate of drug-likeness (QED) is 0.740.